The maximum atomic E-state index is 13.1. The molecule has 0 saturated heterocycles. The average molecular weight is 432 g/mol. The first-order valence-electron chi connectivity index (χ1n) is 8.45. The van der Waals surface area contributed by atoms with Gasteiger partial charge in [0.2, 0.25) is 0 Å². The zero-order chi connectivity index (χ0) is 19.9. The third-order valence-corrected chi connectivity index (χ3v) is 3.92. The summed E-state index contributed by atoms with van der Waals surface area (Å²) in [5.41, 5.74) is 0.866. The third-order valence-electron chi connectivity index (χ3n) is 3.92. The van der Waals surface area contributed by atoms with Gasteiger partial charge in [0, 0.05) is 61.1 Å². The van der Waals surface area contributed by atoms with E-state index in [4.69, 9.17) is 0 Å². The van der Waals surface area contributed by atoms with Crippen molar-refractivity contribution in [1.82, 2.24) is 9.13 Å². The summed E-state index contributed by atoms with van der Waals surface area (Å²) < 4.78 is 54.9. The van der Waals surface area contributed by atoms with Gasteiger partial charge in [0.05, 0.1) is 0 Å². The SMILES string of the molecule is Fc1[c-]c(F)c(Cn2cccc2)cc1.Fc1[c-]c(F)c(Cn2cccc2)cc1.[Ti+2]. The number of rotatable bonds is 4. The first-order valence-corrected chi connectivity index (χ1v) is 8.45. The zero-order valence-electron chi connectivity index (χ0n) is 15.2. The number of halogens is 4. The van der Waals surface area contributed by atoms with E-state index in [9.17, 15) is 17.6 Å². The zero-order valence-corrected chi connectivity index (χ0v) is 16.8. The van der Waals surface area contributed by atoms with Crippen LogP contribution in [0.5, 0.6) is 0 Å². The Hall–Kier alpha value is -2.57. The van der Waals surface area contributed by atoms with E-state index in [1.165, 1.54) is 24.3 Å². The van der Waals surface area contributed by atoms with Crippen molar-refractivity contribution in [3.8, 4) is 0 Å². The molecular weight excluding hydrogens is 416 g/mol. The van der Waals surface area contributed by atoms with Crippen LogP contribution in [0, 0.1) is 35.4 Å². The fourth-order valence-electron chi connectivity index (χ4n) is 2.54. The molecule has 0 spiro atoms. The quantitative estimate of drug-likeness (QED) is 0.238. The van der Waals surface area contributed by atoms with Crippen LogP contribution < -0.4 is 0 Å². The van der Waals surface area contributed by atoms with Gasteiger partial charge >= 0.3 is 21.7 Å². The minimum absolute atomic E-state index is 0. The molecule has 146 valence electrons. The summed E-state index contributed by atoms with van der Waals surface area (Å²) in [4.78, 5) is 0. The van der Waals surface area contributed by atoms with Crippen molar-refractivity contribution in [2.24, 2.45) is 0 Å². The van der Waals surface area contributed by atoms with Gasteiger partial charge in [-0.1, -0.05) is 0 Å². The van der Waals surface area contributed by atoms with E-state index in [1.54, 1.807) is 0 Å². The molecule has 7 heteroatoms. The van der Waals surface area contributed by atoms with Crippen molar-refractivity contribution >= 4 is 0 Å². The molecule has 2 aromatic carbocycles. The molecule has 0 N–H and O–H groups in total. The molecule has 0 aliphatic carbocycles. The molecular formula is C22H16F4N2Ti. The minimum Gasteiger partial charge on any atom is -0.361 e. The van der Waals surface area contributed by atoms with Gasteiger partial charge in [-0.3, -0.25) is 0 Å². The number of nitrogens with zero attached hydrogens (tertiary/aromatic N) is 2. The summed E-state index contributed by atoms with van der Waals surface area (Å²) in [7, 11) is 0. The van der Waals surface area contributed by atoms with Crippen LogP contribution in [0.1, 0.15) is 11.1 Å². The molecule has 0 fully saturated rings. The Morgan fingerprint density at radius 1 is 0.586 bits per heavy atom. The number of aromatic nitrogens is 2. The molecule has 0 saturated carbocycles. The Balaban J connectivity index is 0.000000200. The molecule has 0 bridgehead atoms. The molecule has 0 aliphatic rings. The fourth-order valence-corrected chi connectivity index (χ4v) is 2.54. The molecule has 0 amide bonds. The third kappa shape index (κ3) is 6.77. The second-order valence-corrected chi connectivity index (χ2v) is 6.00. The largest absolute Gasteiger partial charge is 2.00 e. The second-order valence-electron chi connectivity index (χ2n) is 6.00. The molecule has 0 aliphatic heterocycles. The van der Waals surface area contributed by atoms with Gasteiger partial charge in [0.15, 0.2) is 0 Å². The van der Waals surface area contributed by atoms with E-state index in [1.807, 2.05) is 70.3 Å². The molecule has 2 nitrogen and oxygen atoms in total. The van der Waals surface area contributed by atoms with E-state index in [2.05, 4.69) is 0 Å². The second kappa shape index (κ2) is 10.8. The topological polar surface area (TPSA) is 9.86 Å². The van der Waals surface area contributed by atoms with Crippen LogP contribution in [-0.4, -0.2) is 9.13 Å². The van der Waals surface area contributed by atoms with Gasteiger partial charge in [0.25, 0.3) is 0 Å². The maximum Gasteiger partial charge on any atom is 2.00 e. The number of hydrogen-bond donors (Lipinski definition) is 0. The van der Waals surface area contributed by atoms with Crippen molar-refractivity contribution in [2.75, 3.05) is 0 Å². The van der Waals surface area contributed by atoms with E-state index >= 15 is 0 Å². The normalized spacial score (nSPS) is 10.1. The molecule has 2 aromatic heterocycles. The summed E-state index contributed by atoms with van der Waals surface area (Å²) in [6.45, 7) is 0.797. The number of hydrogen-bond acceptors (Lipinski definition) is 0. The smallest absolute Gasteiger partial charge is 0.361 e. The van der Waals surface area contributed by atoms with Gasteiger partial charge < -0.3 is 9.13 Å². The first-order chi connectivity index (χ1) is 13.5. The number of benzene rings is 2. The Morgan fingerprint density at radius 2 is 0.931 bits per heavy atom. The Morgan fingerprint density at radius 3 is 1.24 bits per heavy atom. The Kier molecular flexibility index (Phi) is 8.49. The molecule has 29 heavy (non-hydrogen) atoms. The van der Waals surface area contributed by atoms with E-state index in [-0.39, 0.29) is 21.7 Å². The van der Waals surface area contributed by atoms with Crippen LogP contribution in [0.15, 0.2) is 73.3 Å². The average Bonchev–Trinajstić information content (AvgIpc) is 3.34. The maximum absolute atomic E-state index is 13.1. The van der Waals surface area contributed by atoms with Crippen LogP contribution in [-0.2, 0) is 34.8 Å². The summed E-state index contributed by atoms with van der Waals surface area (Å²) >= 11 is 0. The van der Waals surface area contributed by atoms with Crippen molar-refractivity contribution in [3.05, 3.63) is 120 Å². The van der Waals surface area contributed by atoms with Crippen LogP contribution in [0.2, 0.25) is 0 Å². The van der Waals surface area contributed by atoms with Gasteiger partial charge in [-0.05, 0) is 24.3 Å². The fraction of sp³-hybridized carbons (Fsp3) is 0.0909. The Labute approximate surface area is 181 Å². The van der Waals surface area contributed by atoms with Crippen LogP contribution in [0.4, 0.5) is 17.6 Å². The van der Waals surface area contributed by atoms with Crippen molar-refractivity contribution in [3.63, 3.8) is 0 Å². The van der Waals surface area contributed by atoms with Crippen LogP contribution >= 0.6 is 0 Å². The summed E-state index contributed by atoms with van der Waals surface area (Å²) in [6.07, 6.45) is 7.29. The van der Waals surface area contributed by atoms with Gasteiger partial charge in [-0.2, -0.15) is 12.1 Å². The van der Waals surface area contributed by atoms with Gasteiger partial charge in [-0.15, -0.1) is 35.4 Å². The molecule has 2 heterocycles. The van der Waals surface area contributed by atoms with E-state index in [0.717, 1.165) is 0 Å². The van der Waals surface area contributed by atoms with Crippen molar-refractivity contribution in [2.45, 2.75) is 13.1 Å². The minimum atomic E-state index is -0.668. The summed E-state index contributed by atoms with van der Waals surface area (Å²) in [5.74, 6) is -2.59. The standard InChI is InChI=1S/2C11H8F2N.Ti/c2*12-10-4-3-9(11(13)7-10)8-14-5-1-2-6-14;/h2*1-6H,8H2;/q2*-1;+2. The summed E-state index contributed by atoms with van der Waals surface area (Å²) in [5, 5.41) is 0. The monoisotopic (exact) mass is 432 g/mol. The Bertz CT molecular complexity index is 932. The van der Waals surface area contributed by atoms with Gasteiger partial charge in [0.1, 0.15) is 0 Å². The molecule has 0 atom stereocenters. The predicted molar refractivity (Wildman–Crippen MR) is 97.5 cm³/mol. The van der Waals surface area contributed by atoms with Gasteiger partial charge in [-0.25, -0.2) is 17.6 Å². The van der Waals surface area contributed by atoms with Crippen molar-refractivity contribution in [1.29, 1.82) is 0 Å². The molecule has 0 unspecified atom stereocenters. The van der Waals surface area contributed by atoms with Crippen LogP contribution in [0.3, 0.4) is 0 Å². The van der Waals surface area contributed by atoms with E-state index in [0.29, 0.717) is 24.2 Å². The molecule has 4 aromatic rings. The predicted octanol–water partition coefficient (Wildman–Crippen LogP) is 5.23. The van der Waals surface area contributed by atoms with Crippen molar-refractivity contribution < 1.29 is 39.3 Å². The molecule has 0 radical (unpaired) electrons. The molecule has 4 rings (SSSR count). The summed E-state index contributed by atoms with van der Waals surface area (Å²) in [6, 6.07) is 16.7. The van der Waals surface area contributed by atoms with Crippen LogP contribution in [0.25, 0.3) is 0 Å². The first kappa shape index (κ1) is 22.7. The van der Waals surface area contributed by atoms with E-state index < -0.39 is 23.3 Å².